The number of sulfonamides is 1. The molecule has 1 aliphatic heterocycles. The Morgan fingerprint density at radius 3 is 2.50 bits per heavy atom. The van der Waals surface area contributed by atoms with E-state index in [1.807, 2.05) is 17.5 Å². The van der Waals surface area contributed by atoms with Crippen molar-refractivity contribution in [3.63, 3.8) is 0 Å². The minimum atomic E-state index is -3.58. The van der Waals surface area contributed by atoms with Crippen molar-refractivity contribution in [3.8, 4) is 0 Å². The van der Waals surface area contributed by atoms with E-state index in [0.29, 0.717) is 18.7 Å². The molecular formula is C16H19N3O3S2. The van der Waals surface area contributed by atoms with Gasteiger partial charge >= 0.3 is 0 Å². The van der Waals surface area contributed by atoms with Crippen molar-refractivity contribution in [2.45, 2.75) is 11.4 Å². The van der Waals surface area contributed by atoms with E-state index in [0.717, 1.165) is 18.0 Å². The molecule has 2 heterocycles. The lowest BCUT2D eigenvalue weighted by Crippen LogP contribution is -2.46. The molecule has 0 aliphatic carbocycles. The minimum absolute atomic E-state index is 0.0630. The van der Waals surface area contributed by atoms with Crippen LogP contribution in [0.25, 0.3) is 0 Å². The predicted molar refractivity (Wildman–Crippen MR) is 93.6 cm³/mol. The molecule has 1 amide bonds. The average molecular weight is 365 g/mol. The standard InChI is InChI=1S/C16H19N3O3S2/c20-16(19-9-7-17-8-10-19)13-3-5-15(6-4-13)24(21,22)18-12-14-2-1-11-23-14/h1-6,11,17-18H,7-10,12H2. The molecule has 3 rings (SSSR count). The molecule has 0 bridgehead atoms. The number of thiophene rings is 1. The quantitative estimate of drug-likeness (QED) is 0.836. The highest BCUT2D eigenvalue weighted by molar-refractivity contribution is 7.89. The first kappa shape index (κ1) is 17.1. The first-order chi connectivity index (χ1) is 11.6. The molecule has 1 aliphatic rings. The predicted octanol–water partition coefficient (Wildman–Crippen LogP) is 1.27. The third kappa shape index (κ3) is 4.02. The summed E-state index contributed by atoms with van der Waals surface area (Å²) in [5, 5.41) is 5.10. The van der Waals surface area contributed by atoms with Crippen molar-refractivity contribution in [1.82, 2.24) is 14.9 Å². The third-order valence-corrected chi connectivity index (χ3v) is 6.13. The number of benzene rings is 1. The lowest BCUT2D eigenvalue weighted by molar-refractivity contribution is 0.0735. The summed E-state index contributed by atoms with van der Waals surface area (Å²) in [4.78, 5) is 15.3. The molecule has 0 atom stereocenters. The summed E-state index contributed by atoms with van der Waals surface area (Å²) >= 11 is 1.50. The van der Waals surface area contributed by atoms with Gasteiger partial charge in [-0.05, 0) is 35.7 Å². The first-order valence-electron chi connectivity index (χ1n) is 7.68. The number of hydrogen-bond acceptors (Lipinski definition) is 5. The number of carbonyl (C=O) groups excluding carboxylic acids is 1. The van der Waals surface area contributed by atoms with Gasteiger partial charge in [0.25, 0.3) is 5.91 Å². The number of piperazine rings is 1. The van der Waals surface area contributed by atoms with E-state index in [2.05, 4.69) is 10.0 Å². The molecule has 6 nitrogen and oxygen atoms in total. The monoisotopic (exact) mass is 365 g/mol. The maximum atomic E-state index is 12.4. The fraction of sp³-hybridized carbons (Fsp3) is 0.312. The van der Waals surface area contributed by atoms with Gasteiger partial charge in [0, 0.05) is 43.2 Å². The molecular weight excluding hydrogens is 346 g/mol. The van der Waals surface area contributed by atoms with Crippen molar-refractivity contribution in [3.05, 3.63) is 52.2 Å². The molecule has 0 spiro atoms. The Morgan fingerprint density at radius 1 is 1.17 bits per heavy atom. The van der Waals surface area contributed by atoms with Gasteiger partial charge < -0.3 is 10.2 Å². The molecule has 0 unspecified atom stereocenters. The minimum Gasteiger partial charge on any atom is -0.336 e. The summed E-state index contributed by atoms with van der Waals surface area (Å²) in [5.41, 5.74) is 0.508. The lowest BCUT2D eigenvalue weighted by Gasteiger charge is -2.27. The number of rotatable bonds is 5. The zero-order chi connectivity index (χ0) is 17.0. The second kappa shape index (κ2) is 7.43. The van der Waals surface area contributed by atoms with Gasteiger partial charge in [-0.1, -0.05) is 6.07 Å². The molecule has 2 aromatic rings. The van der Waals surface area contributed by atoms with Gasteiger partial charge in [0.05, 0.1) is 4.90 Å². The van der Waals surface area contributed by atoms with Gasteiger partial charge in [0.2, 0.25) is 10.0 Å². The Kier molecular flexibility index (Phi) is 5.30. The molecule has 0 radical (unpaired) electrons. The van der Waals surface area contributed by atoms with Gasteiger partial charge in [-0.2, -0.15) is 0 Å². The summed E-state index contributed by atoms with van der Waals surface area (Å²) in [6.45, 7) is 3.17. The van der Waals surface area contributed by atoms with Crippen LogP contribution in [0.3, 0.4) is 0 Å². The summed E-state index contributed by atoms with van der Waals surface area (Å²) in [5.74, 6) is -0.0630. The summed E-state index contributed by atoms with van der Waals surface area (Å²) in [7, 11) is -3.58. The molecule has 0 saturated carbocycles. The number of carbonyl (C=O) groups is 1. The van der Waals surface area contributed by atoms with Crippen LogP contribution in [0, 0.1) is 0 Å². The van der Waals surface area contributed by atoms with Crippen molar-refractivity contribution in [2.24, 2.45) is 0 Å². The van der Waals surface area contributed by atoms with Gasteiger partial charge in [0.15, 0.2) is 0 Å². The van der Waals surface area contributed by atoms with Gasteiger partial charge in [0.1, 0.15) is 0 Å². The van der Waals surface area contributed by atoms with Crippen molar-refractivity contribution in [1.29, 1.82) is 0 Å². The van der Waals surface area contributed by atoms with Crippen LogP contribution in [0.5, 0.6) is 0 Å². The number of nitrogens with one attached hydrogen (secondary N) is 2. The van der Waals surface area contributed by atoms with Crippen LogP contribution in [-0.4, -0.2) is 45.4 Å². The first-order valence-corrected chi connectivity index (χ1v) is 10.0. The smallest absolute Gasteiger partial charge is 0.253 e. The SMILES string of the molecule is O=C(c1ccc(S(=O)(=O)NCc2cccs2)cc1)N1CCNCC1. The van der Waals surface area contributed by atoms with Crippen LogP contribution in [0.2, 0.25) is 0 Å². The van der Waals surface area contributed by atoms with E-state index < -0.39 is 10.0 Å². The molecule has 1 aromatic heterocycles. The Morgan fingerprint density at radius 2 is 1.88 bits per heavy atom. The molecule has 1 fully saturated rings. The largest absolute Gasteiger partial charge is 0.336 e. The maximum absolute atomic E-state index is 12.4. The van der Waals surface area contributed by atoms with E-state index in [-0.39, 0.29) is 17.3 Å². The summed E-state index contributed by atoms with van der Waals surface area (Å²) in [6.07, 6.45) is 0. The van der Waals surface area contributed by atoms with Crippen molar-refractivity contribution in [2.75, 3.05) is 26.2 Å². The third-order valence-electron chi connectivity index (χ3n) is 3.83. The Bertz CT molecular complexity index is 780. The number of nitrogens with zero attached hydrogens (tertiary/aromatic N) is 1. The Labute approximate surface area is 145 Å². The van der Waals surface area contributed by atoms with Crippen LogP contribution in [-0.2, 0) is 16.6 Å². The fourth-order valence-electron chi connectivity index (χ4n) is 2.49. The molecule has 8 heteroatoms. The highest BCUT2D eigenvalue weighted by atomic mass is 32.2. The van der Waals surface area contributed by atoms with Crippen LogP contribution in [0.15, 0.2) is 46.7 Å². The van der Waals surface area contributed by atoms with Gasteiger partial charge in [-0.25, -0.2) is 13.1 Å². The topological polar surface area (TPSA) is 78.5 Å². The van der Waals surface area contributed by atoms with Gasteiger partial charge in [-0.3, -0.25) is 4.79 Å². The van der Waals surface area contributed by atoms with Crippen LogP contribution >= 0.6 is 11.3 Å². The maximum Gasteiger partial charge on any atom is 0.253 e. The fourth-order valence-corrected chi connectivity index (χ4v) is 4.23. The highest BCUT2D eigenvalue weighted by Gasteiger charge is 2.19. The zero-order valence-electron chi connectivity index (χ0n) is 13.1. The summed E-state index contributed by atoms with van der Waals surface area (Å²) < 4.78 is 27.2. The molecule has 2 N–H and O–H groups in total. The van der Waals surface area contributed by atoms with E-state index in [1.165, 1.54) is 23.5 Å². The lowest BCUT2D eigenvalue weighted by atomic mass is 10.2. The Balaban J connectivity index is 1.67. The second-order valence-corrected chi connectivity index (χ2v) is 8.27. The number of amides is 1. The Hall–Kier alpha value is -1.74. The van der Waals surface area contributed by atoms with E-state index in [4.69, 9.17) is 0 Å². The highest BCUT2D eigenvalue weighted by Crippen LogP contribution is 2.14. The molecule has 128 valence electrons. The average Bonchev–Trinajstić information content (AvgIpc) is 3.14. The molecule has 24 heavy (non-hydrogen) atoms. The second-order valence-electron chi connectivity index (χ2n) is 5.47. The van der Waals surface area contributed by atoms with Crippen LogP contribution in [0.4, 0.5) is 0 Å². The normalized spacial score (nSPS) is 15.4. The zero-order valence-corrected chi connectivity index (χ0v) is 14.7. The van der Waals surface area contributed by atoms with E-state index in [1.54, 1.807) is 17.0 Å². The van der Waals surface area contributed by atoms with E-state index >= 15 is 0 Å². The van der Waals surface area contributed by atoms with Crippen molar-refractivity contribution >= 4 is 27.3 Å². The van der Waals surface area contributed by atoms with Crippen LogP contribution in [0.1, 0.15) is 15.2 Å². The van der Waals surface area contributed by atoms with E-state index in [9.17, 15) is 13.2 Å². The number of hydrogen-bond donors (Lipinski definition) is 2. The molecule has 1 saturated heterocycles. The van der Waals surface area contributed by atoms with Crippen LogP contribution < -0.4 is 10.0 Å². The summed E-state index contributed by atoms with van der Waals surface area (Å²) in [6, 6.07) is 9.86. The van der Waals surface area contributed by atoms with Crippen molar-refractivity contribution < 1.29 is 13.2 Å². The molecule has 1 aromatic carbocycles. The van der Waals surface area contributed by atoms with Gasteiger partial charge in [-0.15, -0.1) is 11.3 Å².